The fraction of sp³-hybridized carbons (Fsp3) is 0.235. The number of carboxylic acids is 1. The molecule has 3 heteroatoms. The third-order valence-electron chi connectivity index (χ3n) is 3.77. The number of hydrogen-bond acceptors (Lipinski definition) is 2. The first-order chi connectivity index (χ1) is 9.69. The Labute approximate surface area is 122 Å². The van der Waals surface area contributed by atoms with Crippen molar-refractivity contribution >= 4 is 17.7 Å². The zero-order valence-electron chi connectivity index (χ0n) is 11.3. The number of rotatable bonds is 3. The lowest BCUT2D eigenvalue weighted by molar-refractivity contribution is -0.138. The van der Waals surface area contributed by atoms with Gasteiger partial charge in [-0.25, -0.2) is 0 Å². The summed E-state index contributed by atoms with van der Waals surface area (Å²) in [5.41, 5.74) is 3.48. The molecule has 3 rings (SSSR count). The Balaban J connectivity index is 1.97. The van der Waals surface area contributed by atoms with E-state index in [0.29, 0.717) is 6.42 Å². The first-order valence-corrected chi connectivity index (χ1v) is 7.62. The number of carboxylic acid groups (broad SMARTS) is 1. The van der Waals surface area contributed by atoms with Crippen LogP contribution in [0.15, 0.2) is 52.3 Å². The minimum absolute atomic E-state index is 0.400. The molecule has 1 unspecified atom stereocenters. The summed E-state index contributed by atoms with van der Waals surface area (Å²) in [6, 6.07) is 14.5. The van der Waals surface area contributed by atoms with E-state index in [1.54, 1.807) is 11.8 Å². The summed E-state index contributed by atoms with van der Waals surface area (Å²) >= 11 is 1.77. The molecule has 1 aliphatic heterocycles. The normalized spacial score (nSPS) is 14.2. The highest BCUT2D eigenvalue weighted by atomic mass is 32.2. The van der Waals surface area contributed by atoms with Gasteiger partial charge < -0.3 is 5.11 Å². The number of fused-ring (bicyclic) bond motifs is 2. The smallest absolute Gasteiger partial charge is 0.310 e. The van der Waals surface area contributed by atoms with Gasteiger partial charge in [0.25, 0.3) is 0 Å². The second kappa shape index (κ2) is 5.33. The Hall–Kier alpha value is -1.74. The Morgan fingerprint density at radius 2 is 1.95 bits per heavy atom. The van der Waals surface area contributed by atoms with Crippen LogP contribution in [-0.4, -0.2) is 11.1 Å². The average molecular weight is 284 g/mol. The SMILES string of the molecule is CCC(C(=O)O)c1ccc2c(c1)Cc1ccccc1S2. The van der Waals surface area contributed by atoms with Crippen LogP contribution in [0.3, 0.4) is 0 Å². The molecule has 1 N–H and O–H groups in total. The molecule has 1 atom stereocenters. The Bertz CT molecular complexity index is 664. The van der Waals surface area contributed by atoms with Gasteiger partial charge in [0.1, 0.15) is 0 Å². The van der Waals surface area contributed by atoms with Crippen LogP contribution in [0.1, 0.15) is 36.0 Å². The van der Waals surface area contributed by atoms with Crippen LogP contribution >= 0.6 is 11.8 Å². The van der Waals surface area contributed by atoms with E-state index in [0.717, 1.165) is 12.0 Å². The minimum atomic E-state index is -0.740. The molecule has 2 aromatic carbocycles. The van der Waals surface area contributed by atoms with Gasteiger partial charge in [-0.2, -0.15) is 0 Å². The van der Waals surface area contributed by atoms with E-state index in [1.165, 1.54) is 20.9 Å². The van der Waals surface area contributed by atoms with Gasteiger partial charge >= 0.3 is 5.97 Å². The van der Waals surface area contributed by atoms with Gasteiger partial charge in [0.05, 0.1) is 5.92 Å². The summed E-state index contributed by atoms with van der Waals surface area (Å²) in [4.78, 5) is 13.8. The summed E-state index contributed by atoms with van der Waals surface area (Å²) < 4.78 is 0. The maximum absolute atomic E-state index is 11.3. The van der Waals surface area contributed by atoms with Crippen LogP contribution in [0.5, 0.6) is 0 Å². The summed E-state index contributed by atoms with van der Waals surface area (Å²) in [5.74, 6) is -1.14. The Kier molecular flexibility index (Phi) is 3.53. The molecule has 20 heavy (non-hydrogen) atoms. The monoisotopic (exact) mass is 284 g/mol. The summed E-state index contributed by atoms with van der Waals surface area (Å²) in [7, 11) is 0. The number of benzene rings is 2. The van der Waals surface area contributed by atoms with E-state index in [-0.39, 0.29) is 0 Å². The number of carbonyl (C=O) groups is 1. The van der Waals surface area contributed by atoms with Gasteiger partial charge in [0.2, 0.25) is 0 Å². The Morgan fingerprint density at radius 3 is 2.70 bits per heavy atom. The third-order valence-corrected chi connectivity index (χ3v) is 5.00. The first kappa shape index (κ1) is 13.3. The summed E-state index contributed by atoms with van der Waals surface area (Å²) in [6.07, 6.45) is 1.51. The van der Waals surface area contributed by atoms with Crippen molar-refractivity contribution in [3.63, 3.8) is 0 Å². The highest BCUT2D eigenvalue weighted by Gasteiger charge is 2.21. The lowest BCUT2D eigenvalue weighted by Gasteiger charge is -2.20. The van der Waals surface area contributed by atoms with E-state index in [4.69, 9.17) is 0 Å². The van der Waals surface area contributed by atoms with Gasteiger partial charge in [0, 0.05) is 9.79 Å². The van der Waals surface area contributed by atoms with Crippen molar-refractivity contribution in [2.45, 2.75) is 35.5 Å². The number of hydrogen-bond donors (Lipinski definition) is 1. The third kappa shape index (κ3) is 2.34. The molecule has 0 radical (unpaired) electrons. The van der Waals surface area contributed by atoms with Gasteiger partial charge in [0.15, 0.2) is 0 Å². The highest BCUT2D eigenvalue weighted by Crippen LogP contribution is 2.40. The molecule has 0 spiro atoms. The standard InChI is InChI=1S/C17H16O2S/c1-2-14(17(18)19)11-7-8-16-13(9-11)10-12-5-3-4-6-15(12)20-16/h3-9,14H,2,10H2,1H3,(H,18,19). The molecular formula is C17H16O2S. The van der Waals surface area contributed by atoms with Crippen LogP contribution in [0.25, 0.3) is 0 Å². The van der Waals surface area contributed by atoms with E-state index in [1.807, 2.05) is 13.0 Å². The molecule has 0 bridgehead atoms. The van der Waals surface area contributed by atoms with Gasteiger partial charge in [-0.15, -0.1) is 0 Å². The molecule has 1 heterocycles. The van der Waals surface area contributed by atoms with E-state index >= 15 is 0 Å². The molecule has 102 valence electrons. The van der Waals surface area contributed by atoms with Crippen LogP contribution in [0.2, 0.25) is 0 Å². The van der Waals surface area contributed by atoms with Crippen LogP contribution < -0.4 is 0 Å². The zero-order valence-corrected chi connectivity index (χ0v) is 12.1. The fourth-order valence-corrected chi connectivity index (χ4v) is 3.73. The van der Waals surface area contributed by atoms with E-state index in [9.17, 15) is 9.90 Å². The molecular weight excluding hydrogens is 268 g/mol. The molecule has 0 saturated carbocycles. The van der Waals surface area contributed by atoms with Crippen molar-refractivity contribution < 1.29 is 9.90 Å². The van der Waals surface area contributed by atoms with Crippen molar-refractivity contribution in [3.05, 3.63) is 59.2 Å². The molecule has 2 aromatic rings. The second-order valence-corrected chi connectivity index (χ2v) is 6.14. The van der Waals surface area contributed by atoms with Gasteiger partial charge in [-0.05, 0) is 41.7 Å². The van der Waals surface area contributed by atoms with Gasteiger partial charge in [-0.3, -0.25) is 4.79 Å². The lowest BCUT2D eigenvalue weighted by Crippen LogP contribution is -2.11. The van der Waals surface area contributed by atoms with Crippen molar-refractivity contribution in [2.75, 3.05) is 0 Å². The zero-order chi connectivity index (χ0) is 14.1. The molecule has 0 saturated heterocycles. The van der Waals surface area contributed by atoms with E-state index < -0.39 is 11.9 Å². The van der Waals surface area contributed by atoms with Crippen LogP contribution in [0, 0.1) is 0 Å². The quantitative estimate of drug-likeness (QED) is 0.778. The minimum Gasteiger partial charge on any atom is -0.481 e. The van der Waals surface area contributed by atoms with Gasteiger partial charge in [-0.1, -0.05) is 49.0 Å². The Morgan fingerprint density at radius 1 is 1.20 bits per heavy atom. The molecule has 0 fully saturated rings. The predicted molar refractivity (Wildman–Crippen MR) is 80.5 cm³/mol. The van der Waals surface area contributed by atoms with Crippen molar-refractivity contribution in [2.24, 2.45) is 0 Å². The highest BCUT2D eigenvalue weighted by molar-refractivity contribution is 7.99. The molecule has 2 nitrogen and oxygen atoms in total. The maximum Gasteiger partial charge on any atom is 0.310 e. The molecule has 0 amide bonds. The maximum atomic E-state index is 11.3. The molecule has 0 aromatic heterocycles. The average Bonchev–Trinajstić information content (AvgIpc) is 2.45. The van der Waals surface area contributed by atoms with Crippen molar-refractivity contribution in [3.8, 4) is 0 Å². The number of aliphatic carboxylic acids is 1. The van der Waals surface area contributed by atoms with Crippen LogP contribution in [-0.2, 0) is 11.2 Å². The second-order valence-electron chi connectivity index (χ2n) is 5.05. The summed E-state index contributed by atoms with van der Waals surface area (Å²) in [6.45, 7) is 1.92. The largest absolute Gasteiger partial charge is 0.481 e. The summed E-state index contributed by atoms with van der Waals surface area (Å²) in [5, 5.41) is 9.28. The topological polar surface area (TPSA) is 37.3 Å². The molecule has 0 aliphatic carbocycles. The van der Waals surface area contributed by atoms with E-state index in [2.05, 4.69) is 36.4 Å². The lowest BCUT2D eigenvalue weighted by atomic mass is 9.93. The van der Waals surface area contributed by atoms with Crippen molar-refractivity contribution in [1.82, 2.24) is 0 Å². The fourth-order valence-electron chi connectivity index (χ4n) is 2.68. The molecule has 1 aliphatic rings. The first-order valence-electron chi connectivity index (χ1n) is 6.80. The van der Waals surface area contributed by atoms with Crippen LogP contribution in [0.4, 0.5) is 0 Å². The van der Waals surface area contributed by atoms with Crippen molar-refractivity contribution in [1.29, 1.82) is 0 Å². The predicted octanol–water partition coefficient (Wildman–Crippen LogP) is 4.32.